The van der Waals surface area contributed by atoms with Crippen molar-refractivity contribution in [3.05, 3.63) is 11.6 Å². The van der Waals surface area contributed by atoms with Crippen LogP contribution in [-0.4, -0.2) is 23.6 Å². The molecule has 0 aromatic carbocycles. The van der Waals surface area contributed by atoms with Gasteiger partial charge >= 0.3 is 0 Å². The van der Waals surface area contributed by atoms with E-state index in [0.29, 0.717) is 18.3 Å². The van der Waals surface area contributed by atoms with Gasteiger partial charge in [0.2, 0.25) is 0 Å². The molecule has 4 nitrogen and oxygen atoms in total. The first-order valence-corrected chi connectivity index (χ1v) is 10.9. The van der Waals surface area contributed by atoms with Crippen LogP contribution in [0.2, 0.25) is 0 Å². The molecule has 27 heavy (non-hydrogen) atoms. The molecule has 0 aromatic heterocycles. The lowest BCUT2D eigenvalue weighted by Crippen LogP contribution is -2.50. The molecule has 0 bridgehead atoms. The molecule has 0 radical (unpaired) electrons. The van der Waals surface area contributed by atoms with E-state index in [4.69, 9.17) is 10.6 Å². The Kier molecular flexibility index (Phi) is 4.57. The molecule has 3 unspecified atom stereocenters. The number of hydrogen-bond donors (Lipinski definition) is 1. The second-order valence-electron chi connectivity index (χ2n) is 10.8. The number of fused-ring (bicyclic) bond motifs is 5. The molecule has 4 aliphatic carbocycles. The van der Waals surface area contributed by atoms with Crippen LogP contribution in [0.3, 0.4) is 0 Å². The molecule has 3 saturated carbocycles. The van der Waals surface area contributed by atoms with Crippen molar-refractivity contribution in [1.82, 2.24) is 0 Å². The minimum Gasteiger partial charge on any atom is -0.394 e. The third kappa shape index (κ3) is 3.18. The lowest BCUT2D eigenvalue weighted by Gasteiger charge is -2.57. The largest absolute Gasteiger partial charge is 0.394 e. The first-order chi connectivity index (χ1) is 12.6. The van der Waals surface area contributed by atoms with E-state index < -0.39 is 0 Å². The molecule has 0 aromatic rings. The Balaban J connectivity index is 1.53. The first-order valence-electron chi connectivity index (χ1n) is 10.9. The van der Waals surface area contributed by atoms with Crippen LogP contribution in [0.15, 0.2) is 16.8 Å². The molecular weight excluding hydrogens is 336 g/mol. The molecule has 2 N–H and O–H groups in total. The van der Waals surface area contributed by atoms with Gasteiger partial charge in [-0.2, -0.15) is 0 Å². The van der Waals surface area contributed by atoms with Crippen LogP contribution >= 0.6 is 0 Å². The van der Waals surface area contributed by atoms with Crippen molar-refractivity contribution < 1.29 is 9.63 Å². The SMILES string of the molecule is CC(C)(N)CON=C1C=C2CCC3C(CC[C@]4(C)C(=O)CCC34)[C@@]2(C)CC1. The zero-order chi connectivity index (χ0) is 19.4. The highest BCUT2D eigenvalue weighted by atomic mass is 16.6. The van der Waals surface area contributed by atoms with E-state index >= 15 is 0 Å². The molecule has 0 aliphatic heterocycles. The summed E-state index contributed by atoms with van der Waals surface area (Å²) >= 11 is 0. The van der Waals surface area contributed by atoms with E-state index in [1.54, 1.807) is 5.57 Å². The molecule has 150 valence electrons. The normalized spacial score (nSPS) is 43.0. The number of carbonyl (C=O) groups is 1. The zero-order valence-corrected chi connectivity index (χ0v) is 17.5. The third-order valence-electron chi connectivity index (χ3n) is 8.30. The van der Waals surface area contributed by atoms with Crippen molar-refractivity contribution in [2.45, 2.75) is 84.6 Å². The van der Waals surface area contributed by atoms with Crippen LogP contribution in [0.25, 0.3) is 0 Å². The molecule has 5 atom stereocenters. The van der Waals surface area contributed by atoms with Crippen LogP contribution in [0.4, 0.5) is 0 Å². The molecule has 4 heteroatoms. The van der Waals surface area contributed by atoms with Gasteiger partial charge in [0, 0.05) is 17.4 Å². The maximum absolute atomic E-state index is 12.5. The van der Waals surface area contributed by atoms with Crippen molar-refractivity contribution in [2.75, 3.05) is 6.61 Å². The van der Waals surface area contributed by atoms with E-state index in [0.717, 1.165) is 56.1 Å². The smallest absolute Gasteiger partial charge is 0.139 e. The summed E-state index contributed by atoms with van der Waals surface area (Å²) in [7, 11) is 0. The Hall–Kier alpha value is -1.16. The van der Waals surface area contributed by atoms with Crippen LogP contribution in [-0.2, 0) is 9.63 Å². The van der Waals surface area contributed by atoms with Gasteiger partial charge in [-0.15, -0.1) is 0 Å². The van der Waals surface area contributed by atoms with E-state index in [2.05, 4.69) is 25.1 Å². The second kappa shape index (κ2) is 6.43. The minimum absolute atomic E-state index is 0.0249. The average molecular weight is 373 g/mol. The summed E-state index contributed by atoms with van der Waals surface area (Å²) in [6, 6.07) is 0. The molecule has 4 aliphatic rings. The Bertz CT molecular complexity index is 689. The van der Waals surface area contributed by atoms with E-state index in [1.807, 2.05) is 13.8 Å². The summed E-state index contributed by atoms with van der Waals surface area (Å²) in [5.74, 6) is 2.61. The fourth-order valence-electron chi connectivity index (χ4n) is 6.70. The van der Waals surface area contributed by atoms with E-state index in [9.17, 15) is 4.79 Å². The van der Waals surface area contributed by atoms with Gasteiger partial charge in [0.05, 0.1) is 5.71 Å². The quantitative estimate of drug-likeness (QED) is 0.735. The van der Waals surface area contributed by atoms with Gasteiger partial charge in [-0.1, -0.05) is 24.6 Å². The predicted octanol–water partition coefficient (Wildman–Crippen LogP) is 4.63. The van der Waals surface area contributed by atoms with E-state index in [-0.39, 0.29) is 16.4 Å². The summed E-state index contributed by atoms with van der Waals surface area (Å²) in [5.41, 5.74) is 8.52. The molecule has 0 saturated heterocycles. The molecule has 0 heterocycles. The third-order valence-corrected chi connectivity index (χ3v) is 8.30. The molecule has 0 amide bonds. The standard InChI is InChI=1S/C23H36N2O2/c1-21(2,24)14-27-25-16-9-11-22(3)15(13-16)5-6-17-18-7-8-20(26)23(18,4)12-10-19(17)22/h13,17-19H,5-12,14,24H2,1-4H3/t17?,18?,19?,22-,23-/m0/s1. The predicted molar refractivity (Wildman–Crippen MR) is 108 cm³/mol. The summed E-state index contributed by atoms with van der Waals surface area (Å²) in [6.07, 6.45) is 11.1. The molecule has 0 spiro atoms. The number of ketones is 1. The number of oxime groups is 1. The van der Waals surface area contributed by atoms with Crippen molar-refractivity contribution in [3.8, 4) is 0 Å². The highest BCUT2D eigenvalue weighted by molar-refractivity contribution is 5.96. The van der Waals surface area contributed by atoms with Crippen LogP contribution < -0.4 is 5.73 Å². The van der Waals surface area contributed by atoms with Crippen LogP contribution in [0.1, 0.15) is 79.1 Å². The van der Waals surface area contributed by atoms with Gasteiger partial charge in [-0.3, -0.25) is 4.79 Å². The van der Waals surface area contributed by atoms with Crippen molar-refractivity contribution in [3.63, 3.8) is 0 Å². The number of nitrogens with two attached hydrogens (primary N) is 1. The maximum Gasteiger partial charge on any atom is 0.139 e. The van der Waals surface area contributed by atoms with E-state index in [1.165, 1.54) is 12.8 Å². The van der Waals surface area contributed by atoms with Gasteiger partial charge in [0.15, 0.2) is 0 Å². The maximum atomic E-state index is 12.5. The fraction of sp³-hybridized carbons (Fsp3) is 0.826. The monoisotopic (exact) mass is 372 g/mol. The number of allylic oxidation sites excluding steroid dienone is 2. The lowest BCUT2D eigenvalue weighted by atomic mass is 9.47. The number of hydrogen-bond acceptors (Lipinski definition) is 4. The van der Waals surface area contributed by atoms with Crippen LogP contribution in [0.5, 0.6) is 0 Å². The second-order valence-corrected chi connectivity index (χ2v) is 10.8. The number of nitrogens with zero attached hydrogens (tertiary/aromatic N) is 1. The van der Waals surface area contributed by atoms with Gasteiger partial charge in [-0.25, -0.2) is 0 Å². The summed E-state index contributed by atoms with van der Waals surface area (Å²) < 4.78 is 0. The Morgan fingerprint density at radius 1 is 1.11 bits per heavy atom. The van der Waals surface area contributed by atoms with Crippen LogP contribution in [0, 0.1) is 28.6 Å². The van der Waals surface area contributed by atoms with Gasteiger partial charge in [-0.05, 0) is 88.0 Å². The van der Waals surface area contributed by atoms with Gasteiger partial charge < -0.3 is 10.6 Å². The fourth-order valence-corrected chi connectivity index (χ4v) is 6.70. The number of Topliss-reactive ketones (excluding diaryl/α,β-unsaturated/α-hetero) is 1. The van der Waals surface area contributed by atoms with Gasteiger partial charge in [0.1, 0.15) is 12.4 Å². The van der Waals surface area contributed by atoms with Gasteiger partial charge in [0.25, 0.3) is 0 Å². The highest BCUT2D eigenvalue weighted by Crippen LogP contribution is 2.64. The molecular formula is C23H36N2O2. The average Bonchev–Trinajstić information content (AvgIpc) is 2.89. The Morgan fingerprint density at radius 3 is 2.59 bits per heavy atom. The van der Waals surface area contributed by atoms with Crippen molar-refractivity contribution >= 4 is 11.5 Å². The lowest BCUT2D eigenvalue weighted by molar-refractivity contribution is -0.132. The Labute approximate surface area is 164 Å². The summed E-state index contributed by atoms with van der Waals surface area (Å²) in [6.45, 7) is 9.09. The number of carbonyl (C=O) groups excluding carboxylic acids is 1. The van der Waals surface area contributed by atoms with Crippen molar-refractivity contribution in [2.24, 2.45) is 39.5 Å². The first kappa shape index (κ1) is 19.2. The molecule has 3 fully saturated rings. The topological polar surface area (TPSA) is 64.7 Å². The summed E-state index contributed by atoms with van der Waals surface area (Å²) in [4.78, 5) is 18.1. The zero-order valence-electron chi connectivity index (χ0n) is 17.5. The molecule has 4 rings (SSSR count). The summed E-state index contributed by atoms with van der Waals surface area (Å²) in [5, 5.41) is 4.38. The van der Waals surface area contributed by atoms with Crippen molar-refractivity contribution in [1.29, 1.82) is 0 Å². The minimum atomic E-state index is -0.355. The highest BCUT2D eigenvalue weighted by Gasteiger charge is 2.58. The Morgan fingerprint density at radius 2 is 1.85 bits per heavy atom. The number of rotatable bonds is 3.